The maximum absolute atomic E-state index is 12.9. The lowest BCUT2D eigenvalue weighted by molar-refractivity contribution is -0.123. The lowest BCUT2D eigenvalue weighted by Gasteiger charge is -2.20. The van der Waals surface area contributed by atoms with E-state index in [2.05, 4.69) is 4.99 Å². The van der Waals surface area contributed by atoms with Gasteiger partial charge in [-0.25, -0.2) is 0 Å². The molecule has 0 aliphatic carbocycles. The van der Waals surface area contributed by atoms with Gasteiger partial charge < -0.3 is 9.47 Å². The van der Waals surface area contributed by atoms with Crippen molar-refractivity contribution >= 4 is 40.5 Å². The Kier molecular flexibility index (Phi) is 7.84. The first-order chi connectivity index (χ1) is 13.1. The van der Waals surface area contributed by atoms with Crippen LogP contribution in [0.1, 0.15) is 54.0 Å². The Balaban J connectivity index is 2.45. The van der Waals surface area contributed by atoms with Crippen LogP contribution < -0.4 is 9.47 Å². The molecule has 1 aliphatic rings. The molecule has 28 heavy (non-hydrogen) atoms. The van der Waals surface area contributed by atoms with Gasteiger partial charge in [-0.3, -0.25) is 14.7 Å². The second-order valence-corrected chi connectivity index (χ2v) is 8.73. The van der Waals surface area contributed by atoms with Crippen LogP contribution in [0.15, 0.2) is 22.0 Å². The van der Waals surface area contributed by atoms with E-state index < -0.39 is 0 Å². The Morgan fingerprint density at radius 1 is 1.21 bits per heavy atom. The highest BCUT2D eigenvalue weighted by Gasteiger charge is 2.35. The van der Waals surface area contributed by atoms with Gasteiger partial charge in [0.2, 0.25) is 0 Å². The largest absolute Gasteiger partial charge is 0.490 e. The molecule has 154 valence electrons. The lowest BCUT2D eigenvalue weighted by atomic mass is 10.1. The highest BCUT2D eigenvalue weighted by atomic mass is 35.5. The zero-order chi connectivity index (χ0) is 21.0. The molecule has 1 amide bonds. The summed E-state index contributed by atoms with van der Waals surface area (Å²) in [7, 11) is 0. The summed E-state index contributed by atoms with van der Waals surface area (Å²) < 4.78 is 11.5. The van der Waals surface area contributed by atoms with E-state index in [1.165, 1.54) is 11.8 Å². The molecule has 1 saturated heterocycles. The SMILES string of the molecule is CCOc1cc(/C=C2/SC(=NC(C)C)N(C(C)C)C2=O)cc(Cl)c1OC(C)C. The summed E-state index contributed by atoms with van der Waals surface area (Å²) >= 11 is 7.84. The Labute approximate surface area is 177 Å². The molecule has 0 radical (unpaired) electrons. The second-order valence-electron chi connectivity index (χ2n) is 7.31. The molecule has 0 saturated carbocycles. The smallest absolute Gasteiger partial charge is 0.266 e. The van der Waals surface area contributed by atoms with Gasteiger partial charge in [0.05, 0.1) is 22.6 Å². The van der Waals surface area contributed by atoms with E-state index in [1.54, 1.807) is 11.0 Å². The zero-order valence-corrected chi connectivity index (χ0v) is 19.1. The highest BCUT2D eigenvalue weighted by Crippen LogP contribution is 2.40. The number of halogens is 1. The number of carbonyl (C=O) groups is 1. The molecule has 0 aromatic heterocycles. The van der Waals surface area contributed by atoms with Crippen molar-refractivity contribution < 1.29 is 14.3 Å². The van der Waals surface area contributed by atoms with Crippen LogP contribution in [-0.4, -0.2) is 40.8 Å². The summed E-state index contributed by atoms with van der Waals surface area (Å²) in [4.78, 5) is 19.9. The summed E-state index contributed by atoms with van der Waals surface area (Å²) in [5.41, 5.74) is 0.787. The maximum Gasteiger partial charge on any atom is 0.266 e. The molecular formula is C21H29ClN2O3S. The fourth-order valence-corrected chi connectivity index (χ4v) is 4.19. The first-order valence-corrected chi connectivity index (χ1v) is 10.8. The van der Waals surface area contributed by atoms with Crippen LogP contribution in [-0.2, 0) is 4.79 Å². The number of carbonyl (C=O) groups excluding carboxylic acids is 1. The maximum atomic E-state index is 12.9. The van der Waals surface area contributed by atoms with Gasteiger partial charge in [-0.15, -0.1) is 0 Å². The van der Waals surface area contributed by atoms with Gasteiger partial charge in [0.1, 0.15) is 0 Å². The van der Waals surface area contributed by atoms with Gasteiger partial charge in [-0.05, 0) is 84.0 Å². The molecule has 1 aromatic carbocycles. The molecule has 0 atom stereocenters. The van der Waals surface area contributed by atoms with Crippen LogP contribution in [0.3, 0.4) is 0 Å². The fourth-order valence-electron chi connectivity index (χ4n) is 2.69. The molecule has 0 unspecified atom stereocenters. The first-order valence-electron chi connectivity index (χ1n) is 9.57. The molecule has 2 rings (SSSR count). The lowest BCUT2D eigenvalue weighted by Crippen LogP contribution is -2.35. The number of nitrogens with zero attached hydrogens (tertiary/aromatic N) is 2. The molecule has 7 heteroatoms. The normalized spacial score (nSPS) is 17.7. The number of benzene rings is 1. The molecule has 1 aromatic rings. The summed E-state index contributed by atoms with van der Waals surface area (Å²) in [6, 6.07) is 3.79. The Morgan fingerprint density at radius 3 is 2.43 bits per heavy atom. The van der Waals surface area contributed by atoms with Gasteiger partial charge in [0.15, 0.2) is 16.7 Å². The van der Waals surface area contributed by atoms with E-state index in [0.717, 1.165) is 10.7 Å². The topological polar surface area (TPSA) is 51.1 Å². The van der Waals surface area contributed by atoms with Crippen molar-refractivity contribution in [2.24, 2.45) is 4.99 Å². The predicted molar refractivity (Wildman–Crippen MR) is 119 cm³/mol. The van der Waals surface area contributed by atoms with Crippen LogP contribution in [0, 0.1) is 0 Å². The molecule has 0 bridgehead atoms. The second kappa shape index (κ2) is 9.70. The van der Waals surface area contributed by atoms with E-state index in [4.69, 9.17) is 21.1 Å². The summed E-state index contributed by atoms with van der Waals surface area (Å²) in [5.74, 6) is 1.05. The van der Waals surface area contributed by atoms with Gasteiger partial charge in [0.25, 0.3) is 5.91 Å². The average Bonchev–Trinajstić information content (AvgIpc) is 2.85. The fraction of sp³-hybridized carbons (Fsp3) is 0.524. The molecule has 1 fully saturated rings. The van der Waals surface area contributed by atoms with E-state index in [0.29, 0.717) is 28.0 Å². The van der Waals surface area contributed by atoms with Gasteiger partial charge in [0, 0.05) is 12.1 Å². The average molecular weight is 425 g/mol. The third-order valence-electron chi connectivity index (χ3n) is 3.70. The van der Waals surface area contributed by atoms with Crippen molar-refractivity contribution in [3.8, 4) is 11.5 Å². The van der Waals surface area contributed by atoms with Crippen LogP contribution in [0.25, 0.3) is 6.08 Å². The number of hydrogen-bond acceptors (Lipinski definition) is 5. The van der Waals surface area contributed by atoms with Crippen LogP contribution in [0.4, 0.5) is 0 Å². The van der Waals surface area contributed by atoms with E-state index >= 15 is 0 Å². The predicted octanol–water partition coefficient (Wildman–Crippen LogP) is 5.62. The minimum absolute atomic E-state index is 0.0257. The number of amidine groups is 1. The molecule has 1 heterocycles. The van der Waals surface area contributed by atoms with Crippen molar-refractivity contribution in [3.63, 3.8) is 0 Å². The number of aliphatic imine (C=N–C) groups is 1. The number of ether oxygens (including phenoxy) is 2. The van der Waals surface area contributed by atoms with Crippen molar-refractivity contribution in [2.45, 2.75) is 66.7 Å². The number of amides is 1. The minimum Gasteiger partial charge on any atom is -0.490 e. The highest BCUT2D eigenvalue weighted by molar-refractivity contribution is 8.18. The summed E-state index contributed by atoms with van der Waals surface area (Å²) in [6.45, 7) is 14.2. The monoisotopic (exact) mass is 424 g/mol. The molecular weight excluding hydrogens is 396 g/mol. The quantitative estimate of drug-likeness (QED) is 0.533. The van der Waals surface area contributed by atoms with Crippen molar-refractivity contribution in [2.75, 3.05) is 6.61 Å². The summed E-state index contributed by atoms with van der Waals surface area (Å²) in [5, 5.41) is 1.19. The molecule has 0 spiro atoms. The Hall–Kier alpha value is -1.66. The van der Waals surface area contributed by atoms with Crippen LogP contribution in [0.2, 0.25) is 5.02 Å². The van der Waals surface area contributed by atoms with Crippen molar-refractivity contribution in [1.82, 2.24) is 4.90 Å². The van der Waals surface area contributed by atoms with Crippen LogP contribution >= 0.6 is 23.4 Å². The number of thioether (sulfide) groups is 1. The molecule has 5 nitrogen and oxygen atoms in total. The molecule has 0 N–H and O–H groups in total. The van der Waals surface area contributed by atoms with E-state index in [9.17, 15) is 4.79 Å². The van der Waals surface area contributed by atoms with Crippen LogP contribution in [0.5, 0.6) is 11.5 Å². The van der Waals surface area contributed by atoms with E-state index in [-0.39, 0.29) is 24.1 Å². The Morgan fingerprint density at radius 2 is 1.89 bits per heavy atom. The van der Waals surface area contributed by atoms with Gasteiger partial charge in [-0.2, -0.15) is 0 Å². The summed E-state index contributed by atoms with van der Waals surface area (Å²) in [6.07, 6.45) is 1.81. The van der Waals surface area contributed by atoms with Gasteiger partial charge in [-0.1, -0.05) is 11.6 Å². The molecule has 1 aliphatic heterocycles. The van der Waals surface area contributed by atoms with E-state index in [1.807, 2.05) is 60.6 Å². The Bertz CT molecular complexity index is 788. The zero-order valence-electron chi connectivity index (χ0n) is 17.6. The third-order valence-corrected chi connectivity index (χ3v) is 4.98. The van der Waals surface area contributed by atoms with Crippen molar-refractivity contribution in [3.05, 3.63) is 27.6 Å². The van der Waals surface area contributed by atoms with Gasteiger partial charge >= 0.3 is 0 Å². The van der Waals surface area contributed by atoms with Crippen molar-refractivity contribution in [1.29, 1.82) is 0 Å². The third kappa shape index (κ3) is 5.45. The number of rotatable bonds is 7. The number of hydrogen-bond donors (Lipinski definition) is 0. The first kappa shape index (κ1) is 22.6. The minimum atomic E-state index is -0.0454. The standard InChI is InChI=1S/C21H29ClN2O3S/c1-8-26-17-10-15(9-16(22)19(17)27-14(6)7)11-18-20(25)24(13(4)5)21(28-18)23-12(2)3/h9-14H,8H2,1-7H3/b18-11+,23-21?.